The maximum Gasteiger partial charge on any atom is 0.129 e. The van der Waals surface area contributed by atoms with Crippen molar-refractivity contribution in [3.63, 3.8) is 0 Å². The van der Waals surface area contributed by atoms with Gasteiger partial charge in [0.1, 0.15) is 11.9 Å². The lowest BCUT2D eigenvalue weighted by Crippen LogP contribution is -2.07. The third kappa shape index (κ3) is 2.66. The van der Waals surface area contributed by atoms with Crippen LogP contribution in [0.25, 0.3) is 0 Å². The average Bonchev–Trinajstić information content (AvgIpc) is 2.31. The van der Waals surface area contributed by atoms with E-state index in [0.29, 0.717) is 10.6 Å². The molecule has 0 amide bonds. The fourth-order valence-electron chi connectivity index (χ4n) is 1.80. The number of aromatic nitrogens is 1. The van der Waals surface area contributed by atoms with Gasteiger partial charge in [0.2, 0.25) is 0 Å². The third-order valence-electron chi connectivity index (χ3n) is 2.74. The molecular weight excluding hydrogens is 316 g/mol. The first-order chi connectivity index (χ1) is 8.49. The minimum absolute atomic E-state index is 0.286. The Kier molecular flexibility index (Phi) is 3.90. The zero-order valence-corrected chi connectivity index (χ0v) is 12.0. The second-order valence-electron chi connectivity index (χ2n) is 4.03. The zero-order valence-electron chi connectivity index (χ0n) is 9.69. The van der Waals surface area contributed by atoms with Gasteiger partial charge in [-0.2, -0.15) is 0 Å². The highest BCUT2D eigenvalue weighted by Crippen LogP contribution is 2.30. The highest BCUT2D eigenvalue weighted by molar-refractivity contribution is 9.10. The Morgan fingerprint density at radius 2 is 2.06 bits per heavy atom. The van der Waals surface area contributed by atoms with Crippen LogP contribution in [0.3, 0.4) is 0 Å². The maximum absolute atomic E-state index is 10.4. The second kappa shape index (κ2) is 5.26. The van der Waals surface area contributed by atoms with E-state index >= 15 is 0 Å². The molecule has 3 N–H and O–H groups in total. The molecule has 0 aliphatic heterocycles. The molecule has 18 heavy (non-hydrogen) atoms. The smallest absolute Gasteiger partial charge is 0.129 e. The van der Waals surface area contributed by atoms with Crippen molar-refractivity contribution in [2.45, 2.75) is 13.0 Å². The first-order valence-corrected chi connectivity index (χ1v) is 6.51. The molecule has 0 fully saturated rings. The van der Waals surface area contributed by atoms with Crippen molar-refractivity contribution in [3.05, 3.63) is 56.6 Å². The van der Waals surface area contributed by atoms with Gasteiger partial charge in [0.15, 0.2) is 0 Å². The zero-order chi connectivity index (χ0) is 13.3. The first kappa shape index (κ1) is 13.3. The number of aliphatic hydroxyl groups excluding tert-OH is 1. The summed E-state index contributed by atoms with van der Waals surface area (Å²) >= 11 is 9.26. The van der Waals surface area contributed by atoms with E-state index in [-0.39, 0.29) is 5.82 Å². The lowest BCUT2D eigenvalue weighted by Gasteiger charge is -2.16. The molecule has 0 spiro atoms. The number of hydrogen-bond donors (Lipinski definition) is 2. The standard InChI is InChI=1S/C13H12BrClN2O/c1-7-4-8(14)2-3-10(7)12(18)11-5-9(15)6-17-13(11)16/h2-6,12,18H,1H3,(H2,16,17). The van der Waals surface area contributed by atoms with Crippen LogP contribution in [-0.4, -0.2) is 10.1 Å². The quantitative estimate of drug-likeness (QED) is 0.888. The molecule has 0 saturated heterocycles. The SMILES string of the molecule is Cc1cc(Br)ccc1C(O)c1cc(Cl)cnc1N. The van der Waals surface area contributed by atoms with Crippen LogP contribution >= 0.6 is 27.5 Å². The monoisotopic (exact) mass is 326 g/mol. The average molecular weight is 328 g/mol. The topological polar surface area (TPSA) is 59.1 Å². The van der Waals surface area contributed by atoms with Gasteiger partial charge < -0.3 is 10.8 Å². The van der Waals surface area contributed by atoms with Crippen LogP contribution in [-0.2, 0) is 0 Å². The van der Waals surface area contributed by atoms with Crippen LogP contribution in [0.4, 0.5) is 5.82 Å². The summed E-state index contributed by atoms with van der Waals surface area (Å²) in [7, 11) is 0. The normalized spacial score (nSPS) is 12.4. The number of benzene rings is 1. The van der Waals surface area contributed by atoms with Crippen LogP contribution in [0.1, 0.15) is 22.8 Å². The van der Waals surface area contributed by atoms with Crippen molar-refractivity contribution in [1.82, 2.24) is 4.98 Å². The van der Waals surface area contributed by atoms with E-state index in [2.05, 4.69) is 20.9 Å². The second-order valence-corrected chi connectivity index (χ2v) is 5.38. The molecule has 94 valence electrons. The summed E-state index contributed by atoms with van der Waals surface area (Å²) in [6.45, 7) is 1.93. The molecule has 1 aromatic carbocycles. The van der Waals surface area contributed by atoms with Crippen molar-refractivity contribution in [1.29, 1.82) is 0 Å². The summed E-state index contributed by atoms with van der Waals surface area (Å²) < 4.78 is 0.966. The molecule has 5 heteroatoms. The molecule has 0 bridgehead atoms. The van der Waals surface area contributed by atoms with E-state index < -0.39 is 6.10 Å². The molecule has 1 unspecified atom stereocenters. The number of aryl methyl sites for hydroxylation is 1. The molecule has 0 radical (unpaired) electrons. The third-order valence-corrected chi connectivity index (χ3v) is 3.44. The van der Waals surface area contributed by atoms with Crippen LogP contribution in [0, 0.1) is 6.92 Å². The number of nitrogen functional groups attached to an aromatic ring is 1. The lowest BCUT2D eigenvalue weighted by molar-refractivity contribution is 0.220. The minimum atomic E-state index is -0.829. The molecular formula is C13H12BrClN2O. The van der Waals surface area contributed by atoms with Crippen molar-refractivity contribution >= 4 is 33.3 Å². The fraction of sp³-hybridized carbons (Fsp3) is 0.154. The molecule has 1 aromatic heterocycles. The summed E-state index contributed by atoms with van der Waals surface area (Å²) in [5.41, 5.74) is 8.04. The number of hydrogen-bond acceptors (Lipinski definition) is 3. The number of aliphatic hydroxyl groups is 1. The van der Waals surface area contributed by atoms with Crippen LogP contribution in [0.15, 0.2) is 34.9 Å². The Labute approximate surface area is 119 Å². The number of halogens is 2. The summed E-state index contributed by atoms with van der Waals surface area (Å²) in [6, 6.07) is 7.30. The highest BCUT2D eigenvalue weighted by Gasteiger charge is 2.17. The summed E-state index contributed by atoms with van der Waals surface area (Å²) in [5, 5.41) is 10.8. The molecule has 2 aromatic rings. The molecule has 1 atom stereocenters. The predicted molar refractivity (Wildman–Crippen MR) is 76.6 cm³/mol. The molecule has 0 aliphatic carbocycles. The molecule has 0 saturated carbocycles. The van der Waals surface area contributed by atoms with Gasteiger partial charge in [0, 0.05) is 16.2 Å². The number of nitrogens with zero attached hydrogens (tertiary/aromatic N) is 1. The van der Waals surface area contributed by atoms with Gasteiger partial charge in [-0.05, 0) is 36.2 Å². The van der Waals surface area contributed by atoms with E-state index in [0.717, 1.165) is 15.6 Å². The molecule has 2 rings (SSSR count). The summed E-state index contributed by atoms with van der Waals surface area (Å²) in [4.78, 5) is 3.95. The minimum Gasteiger partial charge on any atom is -0.384 e. The summed E-state index contributed by atoms with van der Waals surface area (Å²) in [6.07, 6.45) is 0.631. The Hall–Kier alpha value is -1.10. The fourth-order valence-corrected chi connectivity index (χ4v) is 2.44. The van der Waals surface area contributed by atoms with E-state index in [9.17, 15) is 5.11 Å². The number of anilines is 1. The Morgan fingerprint density at radius 1 is 1.33 bits per heavy atom. The predicted octanol–water partition coefficient (Wildman–Crippen LogP) is 3.47. The molecule has 1 heterocycles. The van der Waals surface area contributed by atoms with E-state index in [1.165, 1.54) is 6.20 Å². The van der Waals surface area contributed by atoms with Gasteiger partial charge in [0.25, 0.3) is 0 Å². The number of pyridine rings is 1. The largest absolute Gasteiger partial charge is 0.384 e. The van der Waals surface area contributed by atoms with Gasteiger partial charge in [0.05, 0.1) is 5.02 Å². The Morgan fingerprint density at radius 3 is 2.72 bits per heavy atom. The van der Waals surface area contributed by atoms with Gasteiger partial charge in [-0.1, -0.05) is 33.6 Å². The van der Waals surface area contributed by atoms with Gasteiger partial charge in [-0.15, -0.1) is 0 Å². The van der Waals surface area contributed by atoms with Gasteiger partial charge in [-0.25, -0.2) is 4.98 Å². The van der Waals surface area contributed by atoms with E-state index in [1.54, 1.807) is 6.07 Å². The molecule has 3 nitrogen and oxygen atoms in total. The summed E-state index contributed by atoms with van der Waals surface area (Å²) in [5.74, 6) is 0.286. The van der Waals surface area contributed by atoms with E-state index in [4.69, 9.17) is 17.3 Å². The molecule has 0 aliphatic rings. The van der Waals surface area contributed by atoms with Crippen LogP contribution in [0.2, 0.25) is 5.02 Å². The van der Waals surface area contributed by atoms with Crippen LogP contribution < -0.4 is 5.73 Å². The van der Waals surface area contributed by atoms with Crippen molar-refractivity contribution in [2.75, 3.05) is 5.73 Å². The Bertz CT molecular complexity index is 589. The van der Waals surface area contributed by atoms with E-state index in [1.807, 2.05) is 25.1 Å². The lowest BCUT2D eigenvalue weighted by atomic mass is 9.98. The Balaban J connectivity index is 2.47. The van der Waals surface area contributed by atoms with Gasteiger partial charge in [-0.3, -0.25) is 0 Å². The van der Waals surface area contributed by atoms with Gasteiger partial charge >= 0.3 is 0 Å². The van der Waals surface area contributed by atoms with Crippen molar-refractivity contribution in [3.8, 4) is 0 Å². The first-order valence-electron chi connectivity index (χ1n) is 5.34. The van der Waals surface area contributed by atoms with Crippen molar-refractivity contribution < 1.29 is 5.11 Å². The number of nitrogens with two attached hydrogens (primary N) is 1. The number of rotatable bonds is 2. The highest BCUT2D eigenvalue weighted by atomic mass is 79.9. The van der Waals surface area contributed by atoms with Crippen molar-refractivity contribution in [2.24, 2.45) is 0 Å². The maximum atomic E-state index is 10.4. The van der Waals surface area contributed by atoms with Crippen LogP contribution in [0.5, 0.6) is 0 Å².